The van der Waals surface area contributed by atoms with Crippen LogP contribution in [0.5, 0.6) is 0 Å². The Morgan fingerprint density at radius 3 is 2.47 bits per heavy atom. The lowest BCUT2D eigenvalue weighted by Gasteiger charge is -2.31. The molecule has 3 nitrogen and oxygen atoms in total. The minimum atomic E-state index is -1.18. The molecular formula is C12H14N2O. The molecule has 0 bridgehead atoms. The highest BCUT2D eigenvalue weighted by Crippen LogP contribution is 2.26. The minimum Gasteiger partial charge on any atom is -0.385 e. The molecule has 1 unspecified atom stereocenters. The Labute approximate surface area is 88.7 Å². The van der Waals surface area contributed by atoms with Gasteiger partial charge in [0.15, 0.2) is 0 Å². The summed E-state index contributed by atoms with van der Waals surface area (Å²) >= 11 is 0. The molecular weight excluding hydrogens is 188 g/mol. The van der Waals surface area contributed by atoms with Crippen molar-refractivity contribution in [3.63, 3.8) is 0 Å². The van der Waals surface area contributed by atoms with Crippen molar-refractivity contribution in [1.82, 2.24) is 0 Å². The molecule has 0 radical (unpaired) electrons. The van der Waals surface area contributed by atoms with Gasteiger partial charge >= 0.3 is 0 Å². The van der Waals surface area contributed by atoms with Crippen molar-refractivity contribution in [3.05, 3.63) is 54.1 Å². The van der Waals surface area contributed by atoms with Crippen LogP contribution in [0.2, 0.25) is 0 Å². The van der Waals surface area contributed by atoms with Gasteiger partial charge in [-0.05, 0) is 17.2 Å². The second-order valence-electron chi connectivity index (χ2n) is 3.75. The van der Waals surface area contributed by atoms with Gasteiger partial charge in [-0.1, -0.05) is 42.5 Å². The summed E-state index contributed by atoms with van der Waals surface area (Å²) in [5.41, 5.74) is 12.0. The zero-order chi connectivity index (χ0) is 10.9. The summed E-state index contributed by atoms with van der Waals surface area (Å²) in [4.78, 5) is 0. The second-order valence-corrected chi connectivity index (χ2v) is 3.75. The molecule has 0 aliphatic heterocycles. The Balaban J connectivity index is 2.39. The van der Waals surface area contributed by atoms with E-state index in [1.165, 1.54) is 0 Å². The summed E-state index contributed by atoms with van der Waals surface area (Å²) in [6.45, 7) is 0. The van der Waals surface area contributed by atoms with E-state index in [2.05, 4.69) is 0 Å². The Hall–Kier alpha value is -1.42. The maximum atomic E-state index is 9.98. The van der Waals surface area contributed by atoms with Gasteiger partial charge in [0.05, 0.1) is 0 Å². The van der Waals surface area contributed by atoms with E-state index in [0.29, 0.717) is 0 Å². The van der Waals surface area contributed by atoms with E-state index in [1.807, 2.05) is 36.4 Å². The average molecular weight is 202 g/mol. The maximum absolute atomic E-state index is 9.98. The van der Waals surface area contributed by atoms with E-state index >= 15 is 0 Å². The Morgan fingerprint density at radius 1 is 1.13 bits per heavy atom. The summed E-state index contributed by atoms with van der Waals surface area (Å²) < 4.78 is 0. The molecule has 0 heterocycles. The first kappa shape index (κ1) is 10.1. The SMILES string of the molecule is NC1(N)C=CC=C(c2ccccc2)C1O. The summed E-state index contributed by atoms with van der Waals surface area (Å²) in [5.74, 6) is 0. The molecule has 3 heteroatoms. The number of aliphatic hydroxyl groups is 1. The lowest BCUT2D eigenvalue weighted by Crippen LogP contribution is -2.58. The summed E-state index contributed by atoms with van der Waals surface area (Å²) in [7, 11) is 0. The number of aliphatic hydroxyl groups excluding tert-OH is 1. The molecule has 5 N–H and O–H groups in total. The molecule has 78 valence electrons. The first-order valence-corrected chi connectivity index (χ1v) is 4.82. The van der Waals surface area contributed by atoms with Gasteiger partial charge in [0.2, 0.25) is 0 Å². The van der Waals surface area contributed by atoms with Crippen LogP contribution in [0.25, 0.3) is 5.57 Å². The predicted molar refractivity (Wildman–Crippen MR) is 60.7 cm³/mol. The number of benzene rings is 1. The first-order valence-electron chi connectivity index (χ1n) is 4.82. The average Bonchev–Trinajstić information content (AvgIpc) is 2.23. The van der Waals surface area contributed by atoms with Crippen molar-refractivity contribution in [3.8, 4) is 0 Å². The van der Waals surface area contributed by atoms with Crippen molar-refractivity contribution in [2.24, 2.45) is 11.5 Å². The lowest BCUT2D eigenvalue weighted by molar-refractivity contribution is 0.165. The van der Waals surface area contributed by atoms with Gasteiger partial charge in [-0.25, -0.2) is 0 Å². The van der Waals surface area contributed by atoms with Gasteiger partial charge in [-0.2, -0.15) is 0 Å². The fraction of sp³-hybridized carbons (Fsp3) is 0.167. The van der Waals surface area contributed by atoms with Crippen molar-refractivity contribution in [1.29, 1.82) is 0 Å². The van der Waals surface area contributed by atoms with E-state index < -0.39 is 11.8 Å². The Bertz CT molecular complexity index is 407. The van der Waals surface area contributed by atoms with Gasteiger partial charge in [0.1, 0.15) is 11.8 Å². The molecule has 2 rings (SSSR count). The number of allylic oxidation sites excluding steroid dienone is 2. The quantitative estimate of drug-likeness (QED) is 0.584. The molecule has 1 aliphatic rings. The van der Waals surface area contributed by atoms with Crippen LogP contribution in [0.1, 0.15) is 5.56 Å². The fourth-order valence-electron chi connectivity index (χ4n) is 1.65. The number of hydrogen-bond donors (Lipinski definition) is 3. The van der Waals surface area contributed by atoms with Crippen LogP contribution in [0.15, 0.2) is 48.6 Å². The fourth-order valence-corrected chi connectivity index (χ4v) is 1.65. The second kappa shape index (κ2) is 3.62. The van der Waals surface area contributed by atoms with Gasteiger partial charge in [0, 0.05) is 0 Å². The summed E-state index contributed by atoms with van der Waals surface area (Å²) in [6.07, 6.45) is 4.34. The lowest BCUT2D eigenvalue weighted by atomic mass is 9.88. The number of rotatable bonds is 1. The van der Waals surface area contributed by atoms with Crippen molar-refractivity contribution in [2.45, 2.75) is 11.8 Å². The first-order chi connectivity index (χ1) is 7.11. The van der Waals surface area contributed by atoms with Crippen LogP contribution in [0.3, 0.4) is 0 Å². The van der Waals surface area contributed by atoms with Crippen LogP contribution in [-0.2, 0) is 0 Å². The smallest absolute Gasteiger partial charge is 0.114 e. The molecule has 1 atom stereocenters. The van der Waals surface area contributed by atoms with Gasteiger partial charge in [0.25, 0.3) is 0 Å². The molecule has 1 aliphatic carbocycles. The van der Waals surface area contributed by atoms with Crippen molar-refractivity contribution < 1.29 is 5.11 Å². The molecule has 0 spiro atoms. The van der Waals surface area contributed by atoms with Crippen molar-refractivity contribution in [2.75, 3.05) is 0 Å². The van der Waals surface area contributed by atoms with E-state index in [9.17, 15) is 5.11 Å². The van der Waals surface area contributed by atoms with Crippen LogP contribution >= 0.6 is 0 Å². The monoisotopic (exact) mass is 202 g/mol. The molecule has 15 heavy (non-hydrogen) atoms. The van der Waals surface area contributed by atoms with Gasteiger partial charge in [-0.3, -0.25) is 0 Å². The zero-order valence-corrected chi connectivity index (χ0v) is 8.30. The normalized spacial score (nSPS) is 23.7. The third-order valence-corrected chi connectivity index (χ3v) is 2.54. The van der Waals surface area contributed by atoms with Crippen LogP contribution in [0.4, 0.5) is 0 Å². The van der Waals surface area contributed by atoms with E-state index in [1.54, 1.807) is 12.2 Å². The standard InChI is InChI=1S/C12H14N2O/c13-12(14)8-4-7-10(11(12)15)9-5-2-1-3-6-9/h1-8,11,15H,13-14H2. The zero-order valence-electron chi connectivity index (χ0n) is 8.30. The van der Waals surface area contributed by atoms with Gasteiger partial charge in [-0.15, -0.1) is 0 Å². The predicted octanol–water partition coefficient (Wildman–Crippen LogP) is 0.614. The largest absolute Gasteiger partial charge is 0.385 e. The van der Waals surface area contributed by atoms with Crippen LogP contribution in [-0.4, -0.2) is 16.9 Å². The van der Waals surface area contributed by atoms with Crippen LogP contribution in [0, 0.1) is 0 Å². The van der Waals surface area contributed by atoms with E-state index in [4.69, 9.17) is 11.5 Å². The molecule has 0 saturated heterocycles. The molecule has 0 fully saturated rings. The third kappa shape index (κ3) is 1.85. The van der Waals surface area contributed by atoms with Crippen molar-refractivity contribution >= 4 is 5.57 Å². The van der Waals surface area contributed by atoms with E-state index in [-0.39, 0.29) is 0 Å². The Morgan fingerprint density at radius 2 is 1.80 bits per heavy atom. The molecule has 0 saturated carbocycles. The topological polar surface area (TPSA) is 72.3 Å². The number of hydrogen-bond acceptors (Lipinski definition) is 3. The summed E-state index contributed by atoms with van der Waals surface area (Å²) in [6, 6.07) is 9.59. The Kier molecular flexibility index (Phi) is 2.44. The molecule has 1 aromatic rings. The number of nitrogens with two attached hydrogens (primary N) is 2. The van der Waals surface area contributed by atoms with E-state index in [0.717, 1.165) is 11.1 Å². The minimum absolute atomic E-state index is 0.753. The molecule has 1 aromatic carbocycles. The van der Waals surface area contributed by atoms with Crippen LogP contribution < -0.4 is 11.5 Å². The van der Waals surface area contributed by atoms with Gasteiger partial charge < -0.3 is 16.6 Å². The molecule has 0 amide bonds. The highest BCUT2D eigenvalue weighted by atomic mass is 16.3. The highest BCUT2D eigenvalue weighted by Gasteiger charge is 2.31. The maximum Gasteiger partial charge on any atom is 0.114 e. The summed E-state index contributed by atoms with van der Waals surface area (Å²) in [5, 5.41) is 9.98. The highest BCUT2D eigenvalue weighted by molar-refractivity contribution is 5.73. The third-order valence-electron chi connectivity index (χ3n) is 2.54. The molecule has 0 aromatic heterocycles.